The van der Waals surface area contributed by atoms with E-state index in [1.54, 1.807) is 0 Å². The summed E-state index contributed by atoms with van der Waals surface area (Å²) in [4.78, 5) is 32.6. The minimum atomic E-state index is -0.144. The van der Waals surface area contributed by atoms with Crippen LogP contribution in [0.5, 0.6) is 0 Å². The Morgan fingerprint density at radius 2 is 1.59 bits per heavy atom. The Labute approximate surface area is 190 Å². The first-order valence-electron chi connectivity index (χ1n) is 11.3. The monoisotopic (exact) mass is 434 g/mol. The van der Waals surface area contributed by atoms with Crippen molar-refractivity contribution < 1.29 is 9.59 Å². The molecule has 0 aliphatic rings. The maximum absolute atomic E-state index is 13.3. The first-order chi connectivity index (χ1) is 15.3. The number of para-hydroxylation sites is 2. The summed E-state index contributed by atoms with van der Waals surface area (Å²) in [7, 11) is 0. The normalized spacial score (nSPS) is 11.3. The SMILES string of the molecule is Cc1ccccc1C(=O)NCc1nc2ccccc2n1CC(=O)N(CC(C)C)CC(C)C. The van der Waals surface area contributed by atoms with Gasteiger partial charge >= 0.3 is 0 Å². The van der Waals surface area contributed by atoms with Crippen LogP contribution < -0.4 is 5.32 Å². The molecule has 0 atom stereocenters. The van der Waals surface area contributed by atoms with Crippen LogP contribution in [-0.4, -0.2) is 39.4 Å². The fraction of sp³-hybridized carbons (Fsp3) is 0.423. The molecule has 0 saturated heterocycles. The molecule has 2 amide bonds. The molecule has 2 aromatic carbocycles. The summed E-state index contributed by atoms with van der Waals surface area (Å²) in [6.07, 6.45) is 0. The van der Waals surface area contributed by atoms with Gasteiger partial charge in [0.2, 0.25) is 5.91 Å². The molecule has 0 radical (unpaired) electrons. The van der Waals surface area contributed by atoms with Gasteiger partial charge in [-0.2, -0.15) is 0 Å². The Kier molecular flexibility index (Phi) is 7.67. The van der Waals surface area contributed by atoms with Crippen LogP contribution in [0.4, 0.5) is 0 Å². The van der Waals surface area contributed by atoms with Crippen LogP contribution in [0.15, 0.2) is 48.5 Å². The van der Waals surface area contributed by atoms with Gasteiger partial charge in [0, 0.05) is 18.7 Å². The molecule has 6 nitrogen and oxygen atoms in total. The summed E-state index contributed by atoms with van der Waals surface area (Å²) in [6.45, 7) is 12.3. The lowest BCUT2D eigenvalue weighted by Gasteiger charge is -2.27. The third-order valence-corrected chi connectivity index (χ3v) is 5.35. The molecule has 1 N–H and O–H groups in total. The van der Waals surface area contributed by atoms with Gasteiger partial charge in [0.15, 0.2) is 0 Å². The van der Waals surface area contributed by atoms with Gasteiger partial charge in [0.25, 0.3) is 5.91 Å². The van der Waals surface area contributed by atoms with E-state index >= 15 is 0 Å². The van der Waals surface area contributed by atoms with Crippen LogP contribution in [0.2, 0.25) is 0 Å². The van der Waals surface area contributed by atoms with Crippen LogP contribution in [0.3, 0.4) is 0 Å². The van der Waals surface area contributed by atoms with E-state index in [0.717, 1.165) is 29.7 Å². The number of hydrogen-bond acceptors (Lipinski definition) is 3. The number of carbonyl (C=O) groups excluding carboxylic acids is 2. The van der Waals surface area contributed by atoms with Crippen LogP contribution in [0.1, 0.15) is 49.4 Å². The zero-order chi connectivity index (χ0) is 23.3. The molecule has 0 unspecified atom stereocenters. The molecular formula is C26H34N4O2. The highest BCUT2D eigenvalue weighted by Gasteiger charge is 2.20. The molecule has 1 aromatic heterocycles. The first-order valence-corrected chi connectivity index (χ1v) is 11.3. The highest BCUT2D eigenvalue weighted by Crippen LogP contribution is 2.17. The Balaban J connectivity index is 1.84. The van der Waals surface area contributed by atoms with E-state index in [9.17, 15) is 9.59 Å². The molecule has 170 valence electrons. The maximum atomic E-state index is 13.3. The third-order valence-electron chi connectivity index (χ3n) is 5.35. The van der Waals surface area contributed by atoms with Gasteiger partial charge in [-0.05, 0) is 42.5 Å². The number of carbonyl (C=O) groups is 2. The standard InChI is InChI=1S/C26H34N4O2/c1-18(2)15-29(16-19(3)4)25(31)17-30-23-13-9-8-12-22(23)28-24(30)14-27-26(32)21-11-7-6-10-20(21)5/h6-13,18-19H,14-17H2,1-5H3,(H,27,32). The van der Waals surface area contributed by atoms with Crippen molar-refractivity contribution in [2.75, 3.05) is 13.1 Å². The van der Waals surface area contributed by atoms with Crippen molar-refractivity contribution in [3.63, 3.8) is 0 Å². The van der Waals surface area contributed by atoms with E-state index in [1.165, 1.54) is 0 Å². The van der Waals surface area contributed by atoms with Gasteiger partial charge in [0.1, 0.15) is 12.4 Å². The Morgan fingerprint density at radius 1 is 0.969 bits per heavy atom. The molecular weight excluding hydrogens is 400 g/mol. The van der Waals surface area contributed by atoms with Crippen molar-refractivity contribution in [3.05, 3.63) is 65.5 Å². The number of fused-ring (bicyclic) bond motifs is 1. The van der Waals surface area contributed by atoms with Crippen LogP contribution in [-0.2, 0) is 17.9 Å². The van der Waals surface area contributed by atoms with Crippen molar-refractivity contribution in [3.8, 4) is 0 Å². The fourth-order valence-electron chi connectivity index (χ4n) is 3.91. The Hall–Kier alpha value is -3.15. The largest absolute Gasteiger partial charge is 0.345 e. The average molecular weight is 435 g/mol. The van der Waals surface area contributed by atoms with E-state index in [-0.39, 0.29) is 24.9 Å². The second-order valence-electron chi connectivity index (χ2n) is 9.19. The van der Waals surface area contributed by atoms with E-state index in [4.69, 9.17) is 4.98 Å². The molecule has 6 heteroatoms. The number of imidazole rings is 1. The summed E-state index contributed by atoms with van der Waals surface area (Å²) in [5.74, 6) is 1.39. The van der Waals surface area contributed by atoms with Gasteiger partial charge in [-0.25, -0.2) is 4.98 Å². The van der Waals surface area contributed by atoms with E-state index in [0.29, 0.717) is 23.2 Å². The molecule has 32 heavy (non-hydrogen) atoms. The summed E-state index contributed by atoms with van der Waals surface area (Å²) in [5.41, 5.74) is 3.28. The summed E-state index contributed by atoms with van der Waals surface area (Å²) in [5, 5.41) is 2.98. The average Bonchev–Trinajstić information content (AvgIpc) is 3.08. The third kappa shape index (κ3) is 5.75. The molecule has 0 fully saturated rings. The molecule has 0 spiro atoms. The van der Waals surface area contributed by atoms with Gasteiger partial charge < -0.3 is 14.8 Å². The van der Waals surface area contributed by atoms with Crippen molar-refractivity contribution in [1.82, 2.24) is 19.8 Å². The zero-order valence-electron chi connectivity index (χ0n) is 19.8. The molecule has 0 saturated carbocycles. The minimum absolute atomic E-state index is 0.0713. The van der Waals surface area contributed by atoms with Crippen molar-refractivity contribution in [2.24, 2.45) is 11.8 Å². The highest BCUT2D eigenvalue weighted by molar-refractivity contribution is 5.95. The number of aryl methyl sites for hydroxylation is 1. The number of aromatic nitrogens is 2. The second-order valence-corrected chi connectivity index (χ2v) is 9.19. The Morgan fingerprint density at radius 3 is 2.25 bits per heavy atom. The predicted molar refractivity (Wildman–Crippen MR) is 128 cm³/mol. The number of rotatable bonds is 9. The first kappa shape index (κ1) is 23.5. The van der Waals surface area contributed by atoms with Crippen molar-refractivity contribution in [1.29, 1.82) is 0 Å². The minimum Gasteiger partial charge on any atom is -0.345 e. The van der Waals surface area contributed by atoms with Gasteiger partial charge in [0.05, 0.1) is 17.6 Å². The fourth-order valence-corrected chi connectivity index (χ4v) is 3.91. The van der Waals surface area contributed by atoms with Crippen LogP contribution >= 0.6 is 0 Å². The van der Waals surface area contributed by atoms with Crippen LogP contribution in [0.25, 0.3) is 11.0 Å². The van der Waals surface area contributed by atoms with E-state index < -0.39 is 0 Å². The van der Waals surface area contributed by atoms with Gasteiger partial charge in [-0.3, -0.25) is 9.59 Å². The molecule has 1 heterocycles. The van der Waals surface area contributed by atoms with Gasteiger partial charge in [-0.15, -0.1) is 0 Å². The molecule has 3 rings (SSSR count). The summed E-state index contributed by atoms with van der Waals surface area (Å²) < 4.78 is 1.93. The molecule has 3 aromatic rings. The number of benzene rings is 2. The number of nitrogens with zero attached hydrogens (tertiary/aromatic N) is 3. The number of amides is 2. The lowest BCUT2D eigenvalue weighted by Crippen LogP contribution is -2.39. The topological polar surface area (TPSA) is 67.2 Å². The van der Waals surface area contributed by atoms with Crippen LogP contribution in [0, 0.1) is 18.8 Å². The lowest BCUT2D eigenvalue weighted by atomic mass is 10.1. The predicted octanol–water partition coefficient (Wildman–Crippen LogP) is 4.42. The zero-order valence-corrected chi connectivity index (χ0v) is 19.8. The lowest BCUT2D eigenvalue weighted by molar-refractivity contribution is -0.132. The maximum Gasteiger partial charge on any atom is 0.251 e. The number of nitrogens with one attached hydrogen (secondary N) is 1. The highest BCUT2D eigenvalue weighted by atomic mass is 16.2. The van der Waals surface area contributed by atoms with Gasteiger partial charge in [-0.1, -0.05) is 58.0 Å². The summed E-state index contributed by atoms with van der Waals surface area (Å²) >= 11 is 0. The summed E-state index contributed by atoms with van der Waals surface area (Å²) in [6, 6.07) is 15.3. The van der Waals surface area contributed by atoms with Crippen molar-refractivity contribution >= 4 is 22.8 Å². The number of hydrogen-bond donors (Lipinski definition) is 1. The quantitative estimate of drug-likeness (QED) is 0.542. The smallest absolute Gasteiger partial charge is 0.251 e. The molecule has 0 bridgehead atoms. The second kappa shape index (κ2) is 10.4. The Bertz CT molecular complexity index is 1070. The van der Waals surface area contributed by atoms with Crippen molar-refractivity contribution in [2.45, 2.75) is 47.7 Å². The molecule has 0 aliphatic carbocycles. The van der Waals surface area contributed by atoms with E-state index in [2.05, 4.69) is 33.0 Å². The van der Waals surface area contributed by atoms with E-state index in [1.807, 2.05) is 64.9 Å². The molecule has 0 aliphatic heterocycles.